The lowest BCUT2D eigenvalue weighted by Crippen LogP contribution is -2.71. The van der Waals surface area contributed by atoms with Crippen molar-refractivity contribution in [3.63, 3.8) is 0 Å². The van der Waals surface area contributed by atoms with Gasteiger partial charge in [-0.15, -0.1) is 11.6 Å². The second-order valence-corrected chi connectivity index (χ2v) is 14.1. The van der Waals surface area contributed by atoms with E-state index in [4.69, 9.17) is 40.1 Å². The lowest BCUT2D eigenvalue weighted by molar-refractivity contribution is -0.264. The molecule has 1 unspecified atom stereocenters. The van der Waals surface area contributed by atoms with E-state index in [-0.39, 0.29) is 31.3 Å². The summed E-state index contributed by atoms with van der Waals surface area (Å²) in [5.41, 5.74) is 1.46. The molecule has 0 bridgehead atoms. The first-order valence-corrected chi connectivity index (χ1v) is 15.6. The van der Waals surface area contributed by atoms with Gasteiger partial charge in [-0.25, -0.2) is 0 Å². The molecule has 42 heavy (non-hydrogen) atoms. The van der Waals surface area contributed by atoms with Crippen LogP contribution in [0.3, 0.4) is 0 Å². The highest BCUT2D eigenvalue weighted by Crippen LogP contribution is 2.74. The van der Waals surface area contributed by atoms with Crippen LogP contribution in [-0.4, -0.2) is 66.6 Å². The Morgan fingerprint density at radius 1 is 1.12 bits per heavy atom. The molecule has 1 aromatic carbocycles. The Bertz CT molecular complexity index is 1320. The van der Waals surface area contributed by atoms with Crippen LogP contribution >= 0.6 is 11.6 Å². The smallest absolute Gasteiger partial charge is 0.227 e. The van der Waals surface area contributed by atoms with Gasteiger partial charge in [0.1, 0.15) is 30.3 Å². The topological polar surface area (TPSA) is 88.0 Å². The van der Waals surface area contributed by atoms with Gasteiger partial charge >= 0.3 is 0 Å². The van der Waals surface area contributed by atoms with Crippen LogP contribution in [0.2, 0.25) is 0 Å². The van der Waals surface area contributed by atoms with Gasteiger partial charge < -0.3 is 33.6 Å². The maximum absolute atomic E-state index is 12.1. The SMILES string of the molecule is Cc1cccc(OCCO/N=C2/C=C[C@@]3(C)C(=C2)CC[C@H]2[C@@H]4C[C@H](C)[C@@]5(OCOC56COCO6)[C@@]4(C)C[C@H](O)[C@@]23Cl)c1. The molecule has 228 valence electrons. The van der Waals surface area contributed by atoms with Crippen LogP contribution in [0.1, 0.15) is 52.0 Å². The summed E-state index contributed by atoms with van der Waals surface area (Å²) in [6.07, 6.45) is 8.62. The molecule has 8 nitrogen and oxygen atoms in total. The fourth-order valence-corrected chi connectivity index (χ4v) is 10.3. The Morgan fingerprint density at radius 3 is 2.74 bits per heavy atom. The number of halogens is 1. The molecule has 0 amide bonds. The minimum absolute atomic E-state index is 0.0821. The van der Waals surface area contributed by atoms with Gasteiger partial charge in [-0.05, 0) is 80.2 Å². The average molecular weight is 600 g/mol. The van der Waals surface area contributed by atoms with Crippen molar-refractivity contribution < 1.29 is 33.6 Å². The molecule has 9 atom stereocenters. The third-order valence-electron chi connectivity index (χ3n) is 11.6. The summed E-state index contributed by atoms with van der Waals surface area (Å²) in [6.45, 7) is 10.1. The highest BCUT2D eigenvalue weighted by molar-refractivity contribution is 6.26. The summed E-state index contributed by atoms with van der Waals surface area (Å²) >= 11 is 7.77. The number of aliphatic hydroxyl groups is 1. The summed E-state index contributed by atoms with van der Waals surface area (Å²) in [4.78, 5) is 4.74. The third kappa shape index (κ3) is 3.75. The fraction of sp³-hybridized carbons (Fsp3) is 0.667. The number of ether oxygens (including phenoxy) is 5. The molecule has 9 heteroatoms. The molecule has 6 aliphatic rings. The van der Waals surface area contributed by atoms with E-state index >= 15 is 0 Å². The Morgan fingerprint density at radius 2 is 1.95 bits per heavy atom. The molecule has 2 aliphatic heterocycles. The zero-order valence-electron chi connectivity index (χ0n) is 24.9. The predicted octanol–water partition coefficient (Wildman–Crippen LogP) is 5.51. The van der Waals surface area contributed by atoms with Crippen LogP contribution < -0.4 is 4.74 Å². The number of hydrogen-bond donors (Lipinski definition) is 1. The largest absolute Gasteiger partial charge is 0.490 e. The summed E-state index contributed by atoms with van der Waals surface area (Å²) in [6, 6.07) is 7.94. The number of fused-ring (bicyclic) bond motifs is 7. The number of hydrogen-bond acceptors (Lipinski definition) is 8. The number of benzene rings is 1. The molecule has 7 rings (SSSR count). The Labute approximate surface area is 252 Å². The minimum atomic E-state index is -0.952. The molecular formula is C33H42ClNO7. The Balaban J connectivity index is 1.10. The number of allylic oxidation sites excluding steroid dienone is 4. The summed E-state index contributed by atoms with van der Waals surface area (Å²) in [5.74, 6) is 0.336. The molecular weight excluding hydrogens is 558 g/mol. The molecule has 5 fully saturated rings. The standard InChI is InChI=1S/C33H42ClNO7/c1-21-6-5-7-25(14-21)38-12-13-42-35-24-10-11-29(3)23(16-24)8-9-26-27-15-22(2)33(30(27,4)17-28(36)32(26,29)34)31(40-20-41-33)18-37-19-39-31/h5-7,10-11,14,16,22,26-28,36H,8-9,12-13,15,17-20H2,1-4H3/b35-24-/t22-,26-,27-,28-,29-,30-,31?,32-,33+/m0/s1. The van der Waals surface area contributed by atoms with E-state index in [1.54, 1.807) is 0 Å². The minimum Gasteiger partial charge on any atom is -0.490 e. The summed E-state index contributed by atoms with van der Waals surface area (Å²) in [5, 5.41) is 16.5. The number of rotatable bonds is 5. The van der Waals surface area contributed by atoms with Crippen molar-refractivity contribution in [2.24, 2.45) is 33.7 Å². The molecule has 2 heterocycles. The van der Waals surface area contributed by atoms with E-state index in [2.05, 4.69) is 38.1 Å². The van der Waals surface area contributed by atoms with E-state index < -0.39 is 33.2 Å². The van der Waals surface area contributed by atoms with Crippen LogP contribution in [0.4, 0.5) is 0 Å². The summed E-state index contributed by atoms with van der Waals surface area (Å²) in [7, 11) is 0. The molecule has 0 aromatic heterocycles. The number of aliphatic hydroxyl groups excluding tert-OH is 1. The first kappa shape index (κ1) is 28.8. The van der Waals surface area contributed by atoms with Crippen LogP contribution in [0.15, 0.2) is 53.2 Å². The zero-order valence-corrected chi connectivity index (χ0v) is 25.7. The van der Waals surface area contributed by atoms with Crippen molar-refractivity contribution in [3.8, 4) is 5.75 Å². The van der Waals surface area contributed by atoms with Gasteiger partial charge in [0.25, 0.3) is 0 Å². The summed E-state index contributed by atoms with van der Waals surface area (Å²) < 4.78 is 30.4. The highest BCUT2D eigenvalue weighted by Gasteiger charge is 2.81. The molecule has 2 saturated heterocycles. The van der Waals surface area contributed by atoms with Crippen LogP contribution in [0, 0.1) is 35.5 Å². The van der Waals surface area contributed by atoms with Crippen molar-refractivity contribution in [2.45, 2.75) is 75.7 Å². The average Bonchev–Trinajstić information content (AvgIpc) is 3.65. The zero-order chi connectivity index (χ0) is 29.4. The van der Waals surface area contributed by atoms with Gasteiger partial charge in [-0.3, -0.25) is 0 Å². The predicted molar refractivity (Wildman–Crippen MR) is 157 cm³/mol. The Hall–Kier alpha value is -1.94. The second kappa shape index (κ2) is 10.0. The van der Waals surface area contributed by atoms with E-state index in [9.17, 15) is 5.11 Å². The van der Waals surface area contributed by atoms with Crippen LogP contribution in [0.5, 0.6) is 5.75 Å². The molecule has 1 aromatic rings. The van der Waals surface area contributed by atoms with E-state index in [0.29, 0.717) is 26.2 Å². The molecule has 4 aliphatic carbocycles. The first-order chi connectivity index (χ1) is 20.1. The lowest BCUT2D eigenvalue weighted by atomic mass is 9.45. The van der Waals surface area contributed by atoms with Gasteiger partial charge in [0.05, 0.1) is 11.0 Å². The quantitative estimate of drug-likeness (QED) is 0.271. The number of alkyl halides is 1. The van der Waals surface area contributed by atoms with Crippen molar-refractivity contribution in [1.29, 1.82) is 0 Å². The van der Waals surface area contributed by atoms with Crippen molar-refractivity contribution in [1.82, 2.24) is 0 Å². The van der Waals surface area contributed by atoms with Gasteiger partial charge in [-0.2, -0.15) is 0 Å². The second-order valence-electron chi connectivity index (χ2n) is 13.5. The number of nitrogens with zero attached hydrogens (tertiary/aromatic N) is 1. The van der Waals surface area contributed by atoms with E-state index in [1.165, 1.54) is 5.57 Å². The van der Waals surface area contributed by atoms with E-state index in [1.807, 2.05) is 37.3 Å². The van der Waals surface area contributed by atoms with Crippen LogP contribution in [0.25, 0.3) is 0 Å². The first-order valence-electron chi connectivity index (χ1n) is 15.3. The monoisotopic (exact) mass is 599 g/mol. The maximum Gasteiger partial charge on any atom is 0.227 e. The third-order valence-corrected chi connectivity index (χ3v) is 12.5. The van der Waals surface area contributed by atoms with Gasteiger partial charge in [0.2, 0.25) is 5.79 Å². The van der Waals surface area contributed by atoms with Crippen molar-refractivity contribution in [2.75, 3.05) is 33.4 Å². The van der Waals surface area contributed by atoms with Gasteiger partial charge in [-0.1, -0.05) is 49.7 Å². The van der Waals surface area contributed by atoms with E-state index in [0.717, 1.165) is 36.3 Å². The molecule has 3 saturated carbocycles. The number of aryl methyl sites for hydroxylation is 1. The number of oxime groups is 1. The maximum atomic E-state index is 12.1. The van der Waals surface area contributed by atoms with Crippen LogP contribution in [-0.2, 0) is 23.8 Å². The molecule has 2 spiro atoms. The molecule has 1 N–H and O–H groups in total. The lowest BCUT2D eigenvalue weighted by Gasteiger charge is -2.64. The Kier molecular flexibility index (Phi) is 6.89. The normalized spacial score (nSPS) is 46.5. The van der Waals surface area contributed by atoms with Gasteiger partial charge in [0.15, 0.2) is 20.2 Å². The molecule has 0 radical (unpaired) electrons. The van der Waals surface area contributed by atoms with Crippen molar-refractivity contribution >= 4 is 17.3 Å². The van der Waals surface area contributed by atoms with Gasteiger partial charge in [0, 0.05) is 10.8 Å². The van der Waals surface area contributed by atoms with Crippen molar-refractivity contribution in [3.05, 3.63) is 53.6 Å². The fourth-order valence-electron chi connectivity index (χ4n) is 9.82. The highest BCUT2D eigenvalue weighted by atomic mass is 35.5.